The van der Waals surface area contributed by atoms with Gasteiger partial charge >= 0.3 is 0 Å². The van der Waals surface area contributed by atoms with Crippen LogP contribution in [0.1, 0.15) is 0 Å². The summed E-state index contributed by atoms with van der Waals surface area (Å²) in [7, 11) is 0. The van der Waals surface area contributed by atoms with Gasteiger partial charge in [-0.25, -0.2) is 4.98 Å². The van der Waals surface area contributed by atoms with Gasteiger partial charge in [0.25, 0.3) is 0 Å². The summed E-state index contributed by atoms with van der Waals surface area (Å²) in [6, 6.07) is 9.24. The first-order valence-corrected chi connectivity index (χ1v) is 6.73. The number of ether oxygens (including phenoxy) is 1. The number of anilines is 2. The maximum Gasteiger partial charge on any atom is 0.223 e. The van der Waals surface area contributed by atoms with Gasteiger partial charge in [0.1, 0.15) is 23.3 Å². The first-order valence-electron chi connectivity index (χ1n) is 5.56. The summed E-state index contributed by atoms with van der Waals surface area (Å²) in [5.74, 6) is 1.53. The second-order valence-electron chi connectivity index (χ2n) is 3.66. The zero-order valence-corrected chi connectivity index (χ0v) is 12.3. The lowest BCUT2D eigenvalue weighted by molar-refractivity contribution is 0.332. The quantitative estimate of drug-likeness (QED) is 0.645. The smallest absolute Gasteiger partial charge is 0.223 e. The monoisotopic (exact) mass is 342 g/mol. The topological polar surface area (TPSA) is 73.1 Å². The summed E-state index contributed by atoms with van der Waals surface area (Å²) in [4.78, 5) is 7.77. The molecule has 19 heavy (non-hydrogen) atoms. The standard InChI is InChI=1S/C12H12BrClN4O/c13-8-1-3-9(4-2-8)19-6-5-16-11-7-10(14)17-12(15)18-11/h1-4,7H,5-6H2,(H3,15,16,17,18). The Hall–Kier alpha value is -1.53. The third-order valence-corrected chi connectivity index (χ3v) is 2.93. The summed E-state index contributed by atoms with van der Waals surface area (Å²) in [5.41, 5.74) is 5.49. The SMILES string of the molecule is Nc1nc(Cl)cc(NCCOc2ccc(Br)cc2)n1. The molecule has 0 radical (unpaired) electrons. The number of nitrogen functional groups attached to an aromatic ring is 1. The summed E-state index contributed by atoms with van der Waals surface area (Å²) >= 11 is 9.13. The molecule has 0 spiro atoms. The van der Waals surface area contributed by atoms with Crippen LogP contribution in [-0.4, -0.2) is 23.1 Å². The van der Waals surface area contributed by atoms with E-state index in [1.54, 1.807) is 6.07 Å². The van der Waals surface area contributed by atoms with Crippen molar-refractivity contribution in [2.75, 3.05) is 24.2 Å². The van der Waals surface area contributed by atoms with Crippen molar-refractivity contribution in [3.8, 4) is 5.75 Å². The van der Waals surface area contributed by atoms with Crippen LogP contribution in [0.25, 0.3) is 0 Å². The molecule has 0 saturated carbocycles. The lowest BCUT2D eigenvalue weighted by Crippen LogP contribution is -2.13. The average Bonchev–Trinajstić information content (AvgIpc) is 2.36. The number of rotatable bonds is 5. The maximum atomic E-state index is 5.77. The van der Waals surface area contributed by atoms with Gasteiger partial charge in [0.15, 0.2) is 0 Å². The molecule has 7 heteroatoms. The molecule has 2 rings (SSSR count). The highest BCUT2D eigenvalue weighted by atomic mass is 79.9. The van der Waals surface area contributed by atoms with Crippen LogP contribution in [0.4, 0.5) is 11.8 Å². The Morgan fingerprint density at radius 3 is 2.68 bits per heavy atom. The second-order valence-corrected chi connectivity index (χ2v) is 4.97. The third-order valence-electron chi connectivity index (χ3n) is 2.20. The van der Waals surface area contributed by atoms with E-state index in [2.05, 4.69) is 31.2 Å². The minimum Gasteiger partial charge on any atom is -0.492 e. The van der Waals surface area contributed by atoms with Crippen molar-refractivity contribution in [1.29, 1.82) is 0 Å². The van der Waals surface area contributed by atoms with E-state index in [1.165, 1.54) is 0 Å². The Morgan fingerprint density at radius 2 is 2.00 bits per heavy atom. The Kier molecular flexibility index (Phi) is 4.81. The van der Waals surface area contributed by atoms with Gasteiger partial charge in [0, 0.05) is 10.5 Å². The molecular weight excluding hydrogens is 332 g/mol. The second kappa shape index (κ2) is 6.58. The molecule has 0 aliphatic carbocycles. The van der Waals surface area contributed by atoms with E-state index in [0.717, 1.165) is 10.2 Å². The fourth-order valence-electron chi connectivity index (χ4n) is 1.40. The zero-order valence-electron chi connectivity index (χ0n) is 9.94. The number of nitrogens with zero attached hydrogens (tertiary/aromatic N) is 2. The maximum absolute atomic E-state index is 5.77. The van der Waals surface area contributed by atoms with Gasteiger partial charge in [-0.1, -0.05) is 27.5 Å². The van der Waals surface area contributed by atoms with Crippen LogP contribution >= 0.6 is 27.5 Å². The first-order chi connectivity index (χ1) is 9.13. The molecule has 0 atom stereocenters. The van der Waals surface area contributed by atoms with Crippen molar-refractivity contribution >= 4 is 39.3 Å². The summed E-state index contributed by atoms with van der Waals surface area (Å²) in [5, 5.41) is 3.37. The summed E-state index contributed by atoms with van der Waals surface area (Å²) in [6.07, 6.45) is 0. The highest BCUT2D eigenvalue weighted by Gasteiger charge is 2.00. The molecule has 1 heterocycles. The van der Waals surface area contributed by atoms with Gasteiger partial charge in [0.05, 0.1) is 6.54 Å². The van der Waals surface area contributed by atoms with Crippen LogP contribution < -0.4 is 15.8 Å². The molecule has 0 saturated heterocycles. The summed E-state index contributed by atoms with van der Waals surface area (Å²) in [6.45, 7) is 1.09. The predicted octanol–water partition coefficient (Wildman–Crippen LogP) is 2.97. The van der Waals surface area contributed by atoms with Crippen molar-refractivity contribution in [2.45, 2.75) is 0 Å². The Balaban J connectivity index is 1.79. The summed E-state index contributed by atoms with van der Waals surface area (Å²) < 4.78 is 6.57. The molecule has 5 nitrogen and oxygen atoms in total. The van der Waals surface area contributed by atoms with Crippen LogP contribution in [0, 0.1) is 0 Å². The largest absolute Gasteiger partial charge is 0.492 e. The molecule has 0 unspecified atom stereocenters. The molecule has 1 aromatic heterocycles. The minimum atomic E-state index is 0.142. The number of nitrogens with one attached hydrogen (secondary N) is 1. The number of hydrogen-bond acceptors (Lipinski definition) is 5. The van der Waals surface area contributed by atoms with Gasteiger partial charge in [-0.15, -0.1) is 0 Å². The number of benzene rings is 1. The Labute approximate surface area is 124 Å². The van der Waals surface area contributed by atoms with Gasteiger partial charge in [0.2, 0.25) is 5.95 Å². The lowest BCUT2D eigenvalue weighted by Gasteiger charge is -2.08. The lowest BCUT2D eigenvalue weighted by atomic mass is 10.3. The van der Waals surface area contributed by atoms with Crippen molar-refractivity contribution in [3.05, 3.63) is 40.0 Å². The van der Waals surface area contributed by atoms with Gasteiger partial charge < -0.3 is 15.8 Å². The fraction of sp³-hybridized carbons (Fsp3) is 0.167. The van der Waals surface area contributed by atoms with E-state index in [-0.39, 0.29) is 5.95 Å². The third kappa shape index (κ3) is 4.57. The van der Waals surface area contributed by atoms with Crippen LogP contribution in [0.3, 0.4) is 0 Å². The fourth-order valence-corrected chi connectivity index (χ4v) is 1.86. The molecule has 100 valence electrons. The van der Waals surface area contributed by atoms with Crippen molar-refractivity contribution in [1.82, 2.24) is 9.97 Å². The van der Waals surface area contributed by atoms with E-state index >= 15 is 0 Å². The molecular formula is C12H12BrClN4O. The van der Waals surface area contributed by atoms with Crippen LogP contribution in [0.2, 0.25) is 5.15 Å². The Morgan fingerprint density at radius 1 is 1.26 bits per heavy atom. The normalized spacial score (nSPS) is 10.2. The molecule has 1 aromatic carbocycles. The number of hydrogen-bond donors (Lipinski definition) is 2. The van der Waals surface area contributed by atoms with E-state index in [9.17, 15) is 0 Å². The van der Waals surface area contributed by atoms with Crippen LogP contribution in [0.5, 0.6) is 5.75 Å². The van der Waals surface area contributed by atoms with Crippen molar-refractivity contribution in [3.63, 3.8) is 0 Å². The van der Waals surface area contributed by atoms with Crippen LogP contribution in [0.15, 0.2) is 34.8 Å². The molecule has 0 bridgehead atoms. The first kappa shape index (κ1) is 13.9. The van der Waals surface area contributed by atoms with Crippen LogP contribution in [-0.2, 0) is 0 Å². The number of nitrogens with two attached hydrogens (primary N) is 1. The van der Waals surface area contributed by atoms with E-state index < -0.39 is 0 Å². The molecule has 3 N–H and O–H groups in total. The highest BCUT2D eigenvalue weighted by Crippen LogP contribution is 2.16. The van der Waals surface area contributed by atoms with Gasteiger partial charge in [-0.2, -0.15) is 4.98 Å². The average molecular weight is 344 g/mol. The van der Waals surface area contributed by atoms with Crippen molar-refractivity contribution < 1.29 is 4.74 Å². The predicted molar refractivity (Wildman–Crippen MR) is 79.6 cm³/mol. The number of halogens is 2. The zero-order chi connectivity index (χ0) is 13.7. The molecule has 0 amide bonds. The molecule has 2 aromatic rings. The minimum absolute atomic E-state index is 0.142. The van der Waals surface area contributed by atoms with E-state index in [0.29, 0.717) is 24.1 Å². The Bertz CT molecular complexity index is 530. The highest BCUT2D eigenvalue weighted by molar-refractivity contribution is 9.10. The number of aromatic nitrogens is 2. The van der Waals surface area contributed by atoms with E-state index in [4.69, 9.17) is 22.1 Å². The van der Waals surface area contributed by atoms with Crippen molar-refractivity contribution in [2.24, 2.45) is 0 Å². The van der Waals surface area contributed by atoms with E-state index in [1.807, 2.05) is 24.3 Å². The molecule has 0 fully saturated rings. The van der Waals surface area contributed by atoms with Gasteiger partial charge in [-0.3, -0.25) is 0 Å². The molecule has 0 aliphatic heterocycles. The van der Waals surface area contributed by atoms with Gasteiger partial charge in [-0.05, 0) is 24.3 Å². The molecule has 0 aliphatic rings.